The summed E-state index contributed by atoms with van der Waals surface area (Å²) in [6.07, 6.45) is 2.36. The van der Waals surface area contributed by atoms with Crippen molar-refractivity contribution in [3.63, 3.8) is 0 Å². The summed E-state index contributed by atoms with van der Waals surface area (Å²) >= 11 is 0. The fraction of sp³-hybridized carbons (Fsp3) is 0.250. The molecule has 1 N–H and O–H groups in total. The average Bonchev–Trinajstić information content (AvgIpc) is 3.05. The van der Waals surface area contributed by atoms with E-state index in [4.69, 9.17) is 0 Å². The molecule has 3 aromatic rings. The van der Waals surface area contributed by atoms with E-state index in [0.717, 1.165) is 44.0 Å². The van der Waals surface area contributed by atoms with Gasteiger partial charge in [-0.3, -0.25) is 19.8 Å². The molecular weight excluding hydrogens is 444 g/mol. The lowest BCUT2D eigenvalue weighted by Crippen LogP contribution is -2.31. The van der Waals surface area contributed by atoms with Crippen LogP contribution in [0, 0.1) is 21.7 Å². The number of nitro benzene ring substituents is 1. The molecule has 0 bridgehead atoms. The maximum atomic E-state index is 13.8. The molecule has 34 heavy (non-hydrogen) atoms. The van der Waals surface area contributed by atoms with Crippen LogP contribution < -0.4 is 10.2 Å². The van der Waals surface area contributed by atoms with E-state index >= 15 is 0 Å². The van der Waals surface area contributed by atoms with Gasteiger partial charge in [0.05, 0.1) is 22.4 Å². The third kappa shape index (κ3) is 5.52. The topological polar surface area (TPSA) is 91.6 Å². The van der Waals surface area contributed by atoms with Crippen molar-refractivity contribution in [1.29, 1.82) is 0 Å². The third-order valence-electron chi connectivity index (χ3n) is 5.68. The number of anilines is 2. The highest BCUT2D eigenvalue weighted by Crippen LogP contribution is 2.22. The van der Waals surface area contributed by atoms with Crippen molar-refractivity contribution in [1.82, 2.24) is 9.88 Å². The van der Waals surface area contributed by atoms with Crippen LogP contribution in [0.2, 0.25) is 0 Å². The summed E-state index contributed by atoms with van der Waals surface area (Å²) in [7, 11) is 0. The minimum absolute atomic E-state index is 0.128. The predicted octanol–water partition coefficient (Wildman–Crippen LogP) is 4.23. The Kier molecular flexibility index (Phi) is 7.07. The molecule has 0 radical (unpaired) electrons. The number of nitrogens with one attached hydrogen (secondary N) is 1. The average molecular weight is 467 g/mol. The zero-order chi connectivity index (χ0) is 24.1. The van der Waals surface area contributed by atoms with Crippen molar-refractivity contribution < 1.29 is 18.5 Å². The smallest absolute Gasteiger partial charge is 0.273 e. The van der Waals surface area contributed by atoms with Crippen LogP contribution in [0.4, 0.5) is 26.0 Å². The molecule has 4 rings (SSSR count). The first-order valence-corrected chi connectivity index (χ1v) is 10.8. The zero-order valence-electron chi connectivity index (χ0n) is 18.3. The van der Waals surface area contributed by atoms with Gasteiger partial charge in [0.1, 0.15) is 17.5 Å². The van der Waals surface area contributed by atoms with Gasteiger partial charge < -0.3 is 10.2 Å². The van der Waals surface area contributed by atoms with E-state index in [2.05, 4.69) is 20.1 Å². The minimum Gasteiger partial charge on any atom is -0.355 e. The van der Waals surface area contributed by atoms with E-state index < -0.39 is 17.5 Å². The van der Waals surface area contributed by atoms with Crippen molar-refractivity contribution in [3.8, 4) is 0 Å². The van der Waals surface area contributed by atoms with Crippen LogP contribution in [0.25, 0.3) is 0 Å². The Morgan fingerprint density at radius 3 is 2.62 bits per heavy atom. The van der Waals surface area contributed by atoms with Crippen LogP contribution in [0.15, 0.2) is 60.8 Å². The molecule has 1 amide bonds. The number of nitro groups is 1. The molecule has 0 saturated carbocycles. The Balaban J connectivity index is 1.36. The van der Waals surface area contributed by atoms with E-state index in [1.807, 2.05) is 0 Å². The van der Waals surface area contributed by atoms with Gasteiger partial charge in [0.25, 0.3) is 11.6 Å². The largest absolute Gasteiger partial charge is 0.355 e. The summed E-state index contributed by atoms with van der Waals surface area (Å²) in [4.78, 5) is 31.9. The second kappa shape index (κ2) is 10.3. The van der Waals surface area contributed by atoms with Crippen LogP contribution in [0.3, 0.4) is 0 Å². The third-order valence-corrected chi connectivity index (χ3v) is 5.68. The maximum Gasteiger partial charge on any atom is 0.273 e. The highest BCUT2D eigenvalue weighted by Gasteiger charge is 2.20. The second-order valence-electron chi connectivity index (χ2n) is 7.99. The molecule has 1 saturated heterocycles. The summed E-state index contributed by atoms with van der Waals surface area (Å²) in [5, 5.41) is 13.8. The number of halogens is 2. The number of hydrogen-bond acceptors (Lipinski definition) is 6. The number of rotatable bonds is 6. The summed E-state index contributed by atoms with van der Waals surface area (Å²) in [5.74, 6) is -1.64. The van der Waals surface area contributed by atoms with E-state index in [1.54, 1.807) is 30.3 Å². The van der Waals surface area contributed by atoms with Crippen LogP contribution in [0.5, 0.6) is 0 Å². The van der Waals surface area contributed by atoms with Gasteiger partial charge in [-0.15, -0.1) is 0 Å². The number of nitrogens with zero attached hydrogens (tertiary/aromatic N) is 4. The Hall–Kier alpha value is -3.92. The molecule has 0 spiro atoms. The van der Waals surface area contributed by atoms with Gasteiger partial charge in [-0.25, -0.2) is 13.8 Å². The Morgan fingerprint density at radius 2 is 1.88 bits per heavy atom. The van der Waals surface area contributed by atoms with Crippen molar-refractivity contribution >= 4 is 23.1 Å². The number of aromatic nitrogens is 1. The molecule has 1 aliphatic heterocycles. The first-order chi connectivity index (χ1) is 16.4. The number of pyridine rings is 1. The van der Waals surface area contributed by atoms with Gasteiger partial charge in [0.15, 0.2) is 0 Å². The van der Waals surface area contributed by atoms with Crippen LogP contribution in [-0.4, -0.2) is 46.9 Å². The van der Waals surface area contributed by atoms with Gasteiger partial charge >= 0.3 is 0 Å². The number of carbonyl (C=O) groups is 1. The van der Waals surface area contributed by atoms with E-state index in [-0.39, 0.29) is 16.2 Å². The van der Waals surface area contributed by atoms with Crippen LogP contribution >= 0.6 is 0 Å². The Bertz CT molecular complexity index is 1190. The van der Waals surface area contributed by atoms with Crippen LogP contribution in [0.1, 0.15) is 22.3 Å². The Morgan fingerprint density at radius 1 is 1.06 bits per heavy atom. The number of hydrogen-bond donors (Lipinski definition) is 1. The highest BCUT2D eigenvalue weighted by molar-refractivity contribution is 6.04. The standard InChI is InChI=1S/C24H23F2N5O3/c25-18-6-8-20(21(26)14-18)24(32)28-19-7-9-23(27-15-19)30-11-3-10-29(12-13-30)16-17-4-1-2-5-22(17)31(33)34/h1-2,4-9,14-15H,3,10-13,16H2,(H,28,32). The minimum atomic E-state index is -0.933. The summed E-state index contributed by atoms with van der Waals surface area (Å²) in [6, 6.07) is 13.0. The molecule has 0 atom stereocenters. The first kappa shape index (κ1) is 23.2. The lowest BCUT2D eigenvalue weighted by atomic mass is 10.1. The van der Waals surface area contributed by atoms with Gasteiger partial charge in [0, 0.05) is 50.4 Å². The molecule has 1 aliphatic rings. The molecule has 1 aromatic heterocycles. The van der Waals surface area contributed by atoms with Crippen molar-refractivity contribution in [3.05, 3.63) is 93.7 Å². The second-order valence-corrected chi connectivity index (χ2v) is 7.99. The summed E-state index contributed by atoms with van der Waals surface area (Å²) in [6.45, 7) is 3.49. The van der Waals surface area contributed by atoms with Gasteiger partial charge in [0.2, 0.25) is 0 Å². The fourth-order valence-electron chi connectivity index (χ4n) is 3.94. The lowest BCUT2D eigenvalue weighted by Gasteiger charge is -2.23. The highest BCUT2D eigenvalue weighted by atomic mass is 19.1. The number of benzene rings is 2. The Labute approximate surface area is 195 Å². The van der Waals surface area contributed by atoms with Gasteiger partial charge in [-0.2, -0.15) is 0 Å². The normalized spacial score (nSPS) is 14.5. The van der Waals surface area contributed by atoms with E-state index in [9.17, 15) is 23.7 Å². The summed E-state index contributed by atoms with van der Waals surface area (Å²) < 4.78 is 26.9. The molecular formula is C24H23F2N5O3. The predicted molar refractivity (Wildman–Crippen MR) is 124 cm³/mol. The molecule has 8 nitrogen and oxygen atoms in total. The quantitative estimate of drug-likeness (QED) is 0.431. The molecule has 2 aromatic carbocycles. The summed E-state index contributed by atoms with van der Waals surface area (Å²) in [5.41, 5.74) is 0.960. The zero-order valence-corrected chi connectivity index (χ0v) is 18.3. The maximum absolute atomic E-state index is 13.8. The monoisotopic (exact) mass is 467 g/mol. The number of amides is 1. The SMILES string of the molecule is O=C(Nc1ccc(N2CCCN(Cc3ccccc3[N+](=O)[O-])CC2)nc1)c1ccc(F)cc1F. The van der Waals surface area contributed by atoms with Crippen LogP contribution in [-0.2, 0) is 6.54 Å². The number of carbonyl (C=O) groups excluding carboxylic acids is 1. The molecule has 1 fully saturated rings. The van der Waals surface area contributed by atoms with Gasteiger partial charge in [-0.1, -0.05) is 18.2 Å². The fourth-order valence-corrected chi connectivity index (χ4v) is 3.94. The molecule has 2 heterocycles. The van der Waals surface area contributed by atoms with Crippen molar-refractivity contribution in [2.24, 2.45) is 0 Å². The first-order valence-electron chi connectivity index (χ1n) is 10.8. The molecule has 176 valence electrons. The van der Waals surface area contributed by atoms with E-state index in [0.29, 0.717) is 30.4 Å². The molecule has 0 aliphatic carbocycles. The van der Waals surface area contributed by atoms with Crippen molar-refractivity contribution in [2.45, 2.75) is 13.0 Å². The van der Waals surface area contributed by atoms with Gasteiger partial charge in [-0.05, 0) is 30.7 Å². The van der Waals surface area contributed by atoms with E-state index in [1.165, 1.54) is 12.3 Å². The number of para-hydroxylation sites is 1. The molecule has 10 heteroatoms. The molecule has 0 unspecified atom stereocenters. The lowest BCUT2D eigenvalue weighted by molar-refractivity contribution is -0.385. The van der Waals surface area contributed by atoms with Crippen molar-refractivity contribution in [2.75, 3.05) is 36.4 Å².